The van der Waals surface area contributed by atoms with Crippen LogP contribution in [0.3, 0.4) is 0 Å². The van der Waals surface area contributed by atoms with Crippen LogP contribution in [0.25, 0.3) is 21.8 Å². The summed E-state index contributed by atoms with van der Waals surface area (Å²) >= 11 is 0. The van der Waals surface area contributed by atoms with Gasteiger partial charge in [-0.1, -0.05) is 18.2 Å². The molecule has 0 unspecified atom stereocenters. The smallest absolute Gasteiger partial charge is 0.142 e. The molecule has 0 fully saturated rings. The number of rotatable bonds is 0. The van der Waals surface area contributed by atoms with Crippen molar-refractivity contribution in [1.82, 2.24) is 9.97 Å². The van der Waals surface area contributed by atoms with Gasteiger partial charge in [-0.3, -0.25) is 4.98 Å². The van der Waals surface area contributed by atoms with Crippen LogP contribution < -0.4 is 0 Å². The van der Waals surface area contributed by atoms with E-state index in [1.165, 1.54) is 0 Å². The topological polar surface area (TPSA) is 48.9 Å². The summed E-state index contributed by atoms with van der Waals surface area (Å²) in [6.45, 7) is 0. The van der Waals surface area contributed by atoms with Crippen LogP contribution in [-0.2, 0) is 0 Å². The normalized spacial score (nSPS) is 11.1. The second kappa shape index (κ2) is 2.48. The third kappa shape index (κ3) is 0.836. The fourth-order valence-corrected chi connectivity index (χ4v) is 1.71. The summed E-state index contributed by atoms with van der Waals surface area (Å²) < 4.78 is 0. The Balaban J connectivity index is 2.61. The molecule has 0 spiro atoms. The van der Waals surface area contributed by atoms with Gasteiger partial charge < -0.3 is 10.1 Å². The lowest BCUT2D eigenvalue weighted by Gasteiger charge is -1.97. The Labute approximate surface area is 80.0 Å². The van der Waals surface area contributed by atoms with Crippen LogP contribution in [0, 0.1) is 0 Å². The minimum atomic E-state index is 0.248. The highest BCUT2D eigenvalue weighted by Gasteiger charge is 2.05. The average molecular weight is 184 g/mol. The number of aromatic amines is 1. The van der Waals surface area contributed by atoms with E-state index in [2.05, 4.69) is 9.97 Å². The molecule has 0 atom stereocenters. The van der Waals surface area contributed by atoms with E-state index in [1.54, 1.807) is 12.4 Å². The van der Waals surface area contributed by atoms with Crippen molar-refractivity contribution in [3.05, 3.63) is 36.7 Å². The van der Waals surface area contributed by atoms with Gasteiger partial charge in [-0.2, -0.15) is 0 Å². The van der Waals surface area contributed by atoms with Gasteiger partial charge in [-0.15, -0.1) is 0 Å². The van der Waals surface area contributed by atoms with Crippen molar-refractivity contribution in [3.8, 4) is 5.75 Å². The van der Waals surface area contributed by atoms with Gasteiger partial charge in [0.15, 0.2) is 0 Å². The second-order valence-corrected chi connectivity index (χ2v) is 3.24. The number of para-hydroxylation sites is 1. The van der Waals surface area contributed by atoms with Crippen LogP contribution in [-0.4, -0.2) is 15.1 Å². The third-order valence-electron chi connectivity index (χ3n) is 2.40. The number of hydrogen-bond acceptors (Lipinski definition) is 2. The quantitative estimate of drug-likeness (QED) is 0.563. The van der Waals surface area contributed by atoms with Gasteiger partial charge >= 0.3 is 0 Å². The lowest BCUT2D eigenvalue weighted by Crippen LogP contribution is -1.78. The molecule has 0 amide bonds. The molecule has 1 aromatic carbocycles. The summed E-state index contributed by atoms with van der Waals surface area (Å²) in [5, 5.41) is 11.3. The summed E-state index contributed by atoms with van der Waals surface area (Å²) in [5.74, 6) is 0.248. The molecule has 2 N–H and O–H groups in total. The Hall–Kier alpha value is -2.03. The van der Waals surface area contributed by atoms with E-state index in [9.17, 15) is 5.11 Å². The number of nitrogens with zero attached hydrogens (tertiary/aromatic N) is 1. The molecule has 0 aliphatic heterocycles. The van der Waals surface area contributed by atoms with Crippen molar-refractivity contribution >= 4 is 21.8 Å². The van der Waals surface area contributed by atoms with Crippen LogP contribution in [0.5, 0.6) is 5.75 Å². The van der Waals surface area contributed by atoms with Crippen molar-refractivity contribution in [1.29, 1.82) is 0 Å². The molecule has 0 aliphatic rings. The molecule has 0 saturated carbocycles. The minimum absolute atomic E-state index is 0.248. The first-order chi connectivity index (χ1) is 6.86. The monoisotopic (exact) mass is 184 g/mol. The number of hydrogen-bond donors (Lipinski definition) is 2. The molecule has 68 valence electrons. The van der Waals surface area contributed by atoms with E-state index in [-0.39, 0.29) is 5.75 Å². The first-order valence-corrected chi connectivity index (χ1v) is 4.40. The van der Waals surface area contributed by atoms with E-state index in [0.717, 1.165) is 21.8 Å². The summed E-state index contributed by atoms with van der Waals surface area (Å²) in [7, 11) is 0. The lowest BCUT2D eigenvalue weighted by atomic mass is 10.2. The molecular weight excluding hydrogens is 176 g/mol. The van der Waals surface area contributed by atoms with E-state index in [0.29, 0.717) is 0 Å². The zero-order chi connectivity index (χ0) is 9.54. The molecule has 14 heavy (non-hydrogen) atoms. The number of benzene rings is 1. The largest absolute Gasteiger partial charge is 0.506 e. The first-order valence-electron chi connectivity index (χ1n) is 4.40. The van der Waals surface area contributed by atoms with Gasteiger partial charge in [0.05, 0.1) is 16.4 Å². The molecule has 0 saturated heterocycles. The number of pyridine rings is 1. The van der Waals surface area contributed by atoms with Crippen molar-refractivity contribution in [3.63, 3.8) is 0 Å². The zero-order valence-electron chi connectivity index (χ0n) is 7.36. The van der Waals surface area contributed by atoms with Crippen molar-refractivity contribution in [2.75, 3.05) is 0 Å². The van der Waals surface area contributed by atoms with Crippen molar-refractivity contribution < 1.29 is 5.11 Å². The maximum atomic E-state index is 9.50. The standard InChI is InChI=1S/C11H8N2O/c14-10-6-13-11-7-3-1-2-4-9(7)12-5-8(10)11/h1-6,13-14H. The molecule has 3 nitrogen and oxygen atoms in total. The average Bonchev–Trinajstić information content (AvgIpc) is 2.61. The SMILES string of the molecule is Oc1c[nH]c2c1cnc1ccccc12. The second-order valence-electron chi connectivity index (χ2n) is 3.24. The summed E-state index contributed by atoms with van der Waals surface area (Å²) in [6, 6.07) is 7.85. The number of H-pyrrole nitrogens is 1. The number of nitrogens with one attached hydrogen (secondary N) is 1. The van der Waals surface area contributed by atoms with Crippen molar-refractivity contribution in [2.24, 2.45) is 0 Å². The number of fused-ring (bicyclic) bond motifs is 3. The predicted octanol–water partition coefficient (Wildman–Crippen LogP) is 2.42. The van der Waals surface area contributed by atoms with Gasteiger partial charge in [0.1, 0.15) is 5.75 Å². The highest BCUT2D eigenvalue weighted by molar-refractivity contribution is 6.05. The summed E-state index contributed by atoms with van der Waals surface area (Å²) in [4.78, 5) is 7.30. The molecule has 0 bridgehead atoms. The minimum Gasteiger partial charge on any atom is -0.506 e. The highest BCUT2D eigenvalue weighted by atomic mass is 16.3. The molecule has 0 radical (unpaired) electrons. The van der Waals surface area contributed by atoms with Gasteiger partial charge in [-0.25, -0.2) is 0 Å². The van der Waals surface area contributed by atoms with E-state index >= 15 is 0 Å². The number of aromatic nitrogens is 2. The van der Waals surface area contributed by atoms with E-state index in [4.69, 9.17) is 0 Å². The van der Waals surface area contributed by atoms with Gasteiger partial charge in [0, 0.05) is 17.8 Å². The fourth-order valence-electron chi connectivity index (χ4n) is 1.71. The third-order valence-corrected chi connectivity index (χ3v) is 2.40. The molecule has 2 aromatic heterocycles. The Morgan fingerprint density at radius 2 is 2.00 bits per heavy atom. The highest BCUT2D eigenvalue weighted by Crippen LogP contribution is 2.28. The summed E-state index contributed by atoms with van der Waals surface area (Å²) in [6.07, 6.45) is 3.27. The predicted molar refractivity (Wildman–Crippen MR) is 55.3 cm³/mol. The maximum absolute atomic E-state index is 9.50. The van der Waals surface area contributed by atoms with Crippen LogP contribution in [0.2, 0.25) is 0 Å². The van der Waals surface area contributed by atoms with Crippen LogP contribution in [0.1, 0.15) is 0 Å². The molecule has 3 heteroatoms. The molecule has 2 heterocycles. The van der Waals surface area contributed by atoms with Crippen molar-refractivity contribution in [2.45, 2.75) is 0 Å². The number of aromatic hydroxyl groups is 1. The Morgan fingerprint density at radius 1 is 1.14 bits per heavy atom. The first kappa shape index (κ1) is 7.38. The molecule has 3 rings (SSSR count). The Kier molecular flexibility index (Phi) is 1.31. The van der Waals surface area contributed by atoms with Crippen LogP contribution >= 0.6 is 0 Å². The lowest BCUT2D eigenvalue weighted by molar-refractivity contribution is 0.481. The maximum Gasteiger partial charge on any atom is 0.142 e. The van der Waals surface area contributed by atoms with E-state index < -0.39 is 0 Å². The van der Waals surface area contributed by atoms with E-state index in [1.807, 2.05) is 24.3 Å². The van der Waals surface area contributed by atoms with Gasteiger partial charge in [0.2, 0.25) is 0 Å². The molecule has 0 aliphatic carbocycles. The van der Waals surface area contributed by atoms with Gasteiger partial charge in [0.25, 0.3) is 0 Å². The van der Waals surface area contributed by atoms with Crippen LogP contribution in [0.15, 0.2) is 36.7 Å². The molecule has 3 aromatic rings. The Bertz CT molecular complexity index is 613. The molecular formula is C11H8N2O. The zero-order valence-corrected chi connectivity index (χ0v) is 7.36. The summed E-state index contributed by atoms with van der Waals surface area (Å²) in [5.41, 5.74) is 1.87. The van der Waals surface area contributed by atoms with Gasteiger partial charge in [-0.05, 0) is 6.07 Å². The Morgan fingerprint density at radius 3 is 2.93 bits per heavy atom. The fraction of sp³-hybridized carbons (Fsp3) is 0. The van der Waals surface area contributed by atoms with Crippen LogP contribution in [0.4, 0.5) is 0 Å².